The van der Waals surface area contributed by atoms with Crippen LogP contribution in [0.4, 0.5) is 5.69 Å². The van der Waals surface area contributed by atoms with Crippen LogP contribution in [0.3, 0.4) is 0 Å². The molecular weight excluding hydrogens is 370 g/mol. The largest absolute Gasteiger partial charge is 0.378 e. The summed E-state index contributed by atoms with van der Waals surface area (Å²) in [7, 11) is 4.04. The van der Waals surface area contributed by atoms with Gasteiger partial charge in [-0.3, -0.25) is 4.79 Å². The van der Waals surface area contributed by atoms with Crippen LogP contribution in [0.2, 0.25) is 0 Å². The SMILES string of the molecule is CN(C)c1cccc(C2CC(c3ccccc3)=NN2C(=O)C=Cc2ccccc2)c1. The number of anilines is 1. The molecule has 1 heterocycles. The maximum absolute atomic E-state index is 13.1. The fourth-order valence-corrected chi connectivity index (χ4v) is 3.60. The molecule has 1 amide bonds. The van der Waals surface area contributed by atoms with Crippen LogP contribution in [0.15, 0.2) is 96.1 Å². The van der Waals surface area contributed by atoms with Crippen LogP contribution in [0, 0.1) is 0 Å². The van der Waals surface area contributed by atoms with E-state index in [2.05, 4.69) is 23.1 Å². The average Bonchev–Trinajstić information content (AvgIpc) is 3.24. The van der Waals surface area contributed by atoms with Gasteiger partial charge in [-0.05, 0) is 34.9 Å². The molecule has 1 aliphatic heterocycles. The molecule has 3 aromatic rings. The van der Waals surface area contributed by atoms with Crippen LogP contribution in [0.5, 0.6) is 0 Å². The van der Waals surface area contributed by atoms with E-state index in [-0.39, 0.29) is 11.9 Å². The van der Waals surface area contributed by atoms with Gasteiger partial charge in [0.1, 0.15) is 0 Å². The van der Waals surface area contributed by atoms with Crippen LogP contribution < -0.4 is 4.90 Å². The van der Waals surface area contributed by atoms with Gasteiger partial charge in [0.25, 0.3) is 5.91 Å². The van der Waals surface area contributed by atoms with Crippen molar-refractivity contribution in [1.29, 1.82) is 0 Å². The lowest BCUT2D eigenvalue weighted by molar-refractivity contribution is -0.127. The maximum Gasteiger partial charge on any atom is 0.267 e. The number of amides is 1. The Morgan fingerprint density at radius 3 is 2.37 bits per heavy atom. The monoisotopic (exact) mass is 395 g/mol. The third kappa shape index (κ3) is 4.33. The molecule has 3 aromatic carbocycles. The molecule has 4 nitrogen and oxygen atoms in total. The van der Waals surface area contributed by atoms with E-state index in [1.54, 1.807) is 11.1 Å². The van der Waals surface area contributed by atoms with Crippen LogP contribution in [-0.4, -0.2) is 30.7 Å². The maximum atomic E-state index is 13.1. The van der Waals surface area contributed by atoms with Crippen molar-refractivity contribution < 1.29 is 4.79 Å². The Morgan fingerprint density at radius 1 is 0.967 bits per heavy atom. The van der Waals surface area contributed by atoms with E-state index >= 15 is 0 Å². The van der Waals surface area contributed by atoms with Gasteiger partial charge in [-0.15, -0.1) is 0 Å². The standard InChI is InChI=1S/C26H25N3O/c1-28(2)23-15-9-14-22(18-23)25-19-24(21-12-7-4-8-13-21)27-29(25)26(30)17-16-20-10-5-3-6-11-20/h3-18,25H,19H2,1-2H3. The van der Waals surface area contributed by atoms with E-state index in [1.165, 1.54) is 0 Å². The molecule has 30 heavy (non-hydrogen) atoms. The van der Waals surface area contributed by atoms with E-state index in [1.807, 2.05) is 86.9 Å². The summed E-state index contributed by atoms with van der Waals surface area (Å²) in [5.41, 5.74) is 5.15. The third-order valence-corrected chi connectivity index (χ3v) is 5.23. The summed E-state index contributed by atoms with van der Waals surface area (Å²) in [5.74, 6) is -0.120. The smallest absolute Gasteiger partial charge is 0.267 e. The number of carbonyl (C=O) groups is 1. The molecule has 150 valence electrons. The van der Waals surface area contributed by atoms with Gasteiger partial charge in [-0.25, -0.2) is 5.01 Å². The van der Waals surface area contributed by atoms with Gasteiger partial charge < -0.3 is 4.90 Å². The molecule has 0 N–H and O–H groups in total. The Balaban J connectivity index is 1.67. The first-order chi connectivity index (χ1) is 14.6. The highest BCUT2D eigenvalue weighted by molar-refractivity contribution is 6.04. The summed E-state index contributed by atoms with van der Waals surface area (Å²) in [4.78, 5) is 15.2. The normalized spacial score (nSPS) is 16.0. The fourth-order valence-electron chi connectivity index (χ4n) is 3.60. The lowest BCUT2D eigenvalue weighted by Crippen LogP contribution is -2.25. The Morgan fingerprint density at radius 2 is 1.67 bits per heavy atom. The lowest BCUT2D eigenvalue weighted by atomic mass is 9.98. The van der Waals surface area contributed by atoms with Gasteiger partial charge in [0, 0.05) is 32.3 Å². The van der Waals surface area contributed by atoms with Crippen molar-refractivity contribution in [3.8, 4) is 0 Å². The van der Waals surface area contributed by atoms with E-state index < -0.39 is 0 Å². The van der Waals surface area contributed by atoms with Gasteiger partial charge in [-0.2, -0.15) is 5.10 Å². The number of nitrogens with zero attached hydrogens (tertiary/aromatic N) is 3. The lowest BCUT2D eigenvalue weighted by Gasteiger charge is -2.22. The van der Waals surface area contributed by atoms with Crippen molar-refractivity contribution in [3.05, 3.63) is 108 Å². The minimum Gasteiger partial charge on any atom is -0.378 e. The molecule has 0 radical (unpaired) electrons. The average molecular weight is 396 g/mol. The summed E-state index contributed by atoms with van der Waals surface area (Å²) in [6.07, 6.45) is 4.13. The minimum absolute atomic E-state index is 0.120. The van der Waals surface area contributed by atoms with Gasteiger partial charge in [-0.1, -0.05) is 72.8 Å². The second-order valence-corrected chi connectivity index (χ2v) is 7.55. The summed E-state index contributed by atoms with van der Waals surface area (Å²) in [6, 6.07) is 28.1. The number of benzene rings is 3. The first-order valence-electron chi connectivity index (χ1n) is 10.1. The van der Waals surface area contributed by atoms with Crippen LogP contribution in [-0.2, 0) is 4.79 Å². The number of carbonyl (C=O) groups excluding carboxylic acids is 1. The van der Waals surface area contributed by atoms with Crippen molar-refractivity contribution in [3.63, 3.8) is 0 Å². The Hall–Kier alpha value is -3.66. The minimum atomic E-state index is -0.131. The molecule has 0 spiro atoms. The topological polar surface area (TPSA) is 35.9 Å². The molecule has 4 heteroatoms. The number of hydrogen-bond donors (Lipinski definition) is 0. The van der Waals surface area contributed by atoms with E-state index in [0.717, 1.165) is 28.1 Å². The molecule has 0 saturated heterocycles. The zero-order valence-corrected chi connectivity index (χ0v) is 17.3. The summed E-state index contributed by atoms with van der Waals surface area (Å²) in [5, 5.41) is 6.36. The zero-order valence-electron chi connectivity index (χ0n) is 17.3. The van der Waals surface area contributed by atoms with Gasteiger partial charge in [0.05, 0.1) is 11.8 Å². The van der Waals surface area contributed by atoms with Crippen LogP contribution >= 0.6 is 0 Å². The van der Waals surface area contributed by atoms with Crippen molar-refractivity contribution in [2.24, 2.45) is 5.10 Å². The fraction of sp³-hybridized carbons (Fsp3) is 0.154. The molecule has 0 saturated carbocycles. The van der Waals surface area contributed by atoms with Gasteiger partial charge >= 0.3 is 0 Å². The molecule has 4 rings (SSSR count). The Kier molecular flexibility index (Phi) is 5.75. The molecule has 0 fully saturated rings. The molecule has 0 aliphatic carbocycles. The van der Waals surface area contributed by atoms with E-state index in [4.69, 9.17) is 5.10 Å². The highest BCUT2D eigenvalue weighted by Crippen LogP contribution is 2.34. The van der Waals surface area contributed by atoms with Crippen molar-refractivity contribution in [2.45, 2.75) is 12.5 Å². The van der Waals surface area contributed by atoms with Gasteiger partial charge in [0.15, 0.2) is 0 Å². The first kappa shape index (κ1) is 19.6. The van der Waals surface area contributed by atoms with Crippen LogP contribution in [0.25, 0.3) is 6.08 Å². The highest BCUT2D eigenvalue weighted by atomic mass is 16.2. The summed E-state index contributed by atoms with van der Waals surface area (Å²) < 4.78 is 0. The Bertz CT molecular complexity index is 1070. The second kappa shape index (κ2) is 8.78. The molecular formula is C26H25N3O. The summed E-state index contributed by atoms with van der Waals surface area (Å²) in [6.45, 7) is 0. The zero-order chi connectivity index (χ0) is 20.9. The third-order valence-electron chi connectivity index (χ3n) is 5.23. The quantitative estimate of drug-likeness (QED) is 0.561. The first-order valence-corrected chi connectivity index (χ1v) is 10.1. The Labute approximate surface area is 177 Å². The number of rotatable bonds is 5. The number of hydrazone groups is 1. The summed E-state index contributed by atoms with van der Waals surface area (Å²) >= 11 is 0. The predicted molar refractivity (Wildman–Crippen MR) is 123 cm³/mol. The van der Waals surface area contributed by atoms with E-state index in [9.17, 15) is 4.79 Å². The van der Waals surface area contributed by atoms with Gasteiger partial charge in [0.2, 0.25) is 0 Å². The molecule has 1 unspecified atom stereocenters. The number of hydrogen-bond acceptors (Lipinski definition) is 3. The van der Waals surface area contributed by atoms with Crippen LogP contribution in [0.1, 0.15) is 29.2 Å². The highest BCUT2D eigenvalue weighted by Gasteiger charge is 2.32. The van der Waals surface area contributed by atoms with E-state index in [0.29, 0.717) is 6.42 Å². The molecule has 0 bridgehead atoms. The molecule has 1 aliphatic rings. The van der Waals surface area contributed by atoms with Crippen molar-refractivity contribution >= 4 is 23.4 Å². The predicted octanol–water partition coefficient (Wildman–Crippen LogP) is 5.14. The molecule has 0 aromatic heterocycles. The van der Waals surface area contributed by atoms with Crippen molar-refractivity contribution in [2.75, 3.05) is 19.0 Å². The van der Waals surface area contributed by atoms with Crippen molar-refractivity contribution in [1.82, 2.24) is 5.01 Å². The second-order valence-electron chi connectivity index (χ2n) is 7.55. The molecule has 1 atom stereocenters.